The van der Waals surface area contributed by atoms with Gasteiger partial charge >= 0.3 is 0 Å². The van der Waals surface area contributed by atoms with Crippen LogP contribution in [0, 0.1) is 0 Å². The van der Waals surface area contributed by atoms with Gasteiger partial charge in [-0.1, -0.05) is 35.9 Å². The van der Waals surface area contributed by atoms with Crippen LogP contribution in [0.25, 0.3) is 5.69 Å². The number of nitrogens with one attached hydrogen (secondary N) is 1. The van der Waals surface area contributed by atoms with Crippen molar-refractivity contribution >= 4 is 11.6 Å². The summed E-state index contributed by atoms with van der Waals surface area (Å²) in [7, 11) is 0. The van der Waals surface area contributed by atoms with Crippen molar-refractivity contribution < 1.29 is 0 Å². The first-order valence-corrected chi connectivity index (χ1v) is 6.84. The number of rotatable bonds is 4. The summed E-state index contributed by atoms with van der Waals surface area (Å²) in [5.41, 5.74) is 5.62. The first-order chi connectivity index (χ1) is 10.3. The Morgan fingerprint density at radius 2 is 1.90 bits per heavy atom. The minimum Gasteiger partial charge on any atom is -0.271 e. The highest BCUT2D eigenvalue weighted by Crippen LogP contribution is 2.23. The maximum Gasteiger partial charge on any atom is 0.129 e. The number of hydrazine groups is 1. The number of hydrogen-bond acceptors (Lipinski definition) is 4. The molecule has 1 atom stereocenters. The van der Waals surface area contributed by atoms with Gasteiger partial charge in [0, 0.05) is 12.4 Å². The molecule has 0 bridgehead atoms. The summed E-state index contributed by atoms with van der Waals surface area (Å²) in [6.45, 7) is 0. The van der Waals surface area contributed by atoms with Crippen LogP contribution >= 0.6 is 11.6 Å². The molecular weight excluding hydrogens is 286 g/mol. The molecule has 0 saturated heterocycles. The number of hydrogen-bond donors (Lipinski definition) is 2. The zero-order valence-corrected chi connectivity index (χ0v) is 11.9. The average Bonchev–Trinajstić information content (AvgIpc) is 3.00. The van der Waals surface area contributed by atoms with Crippen molar-refractivity contribution in [3.63, 3.8) is 0 Å². The molecule has 5 nitrogen and oxygen atoms in total. The summed E-state index contributed by atoms with van der Waals surface area (Å²) in [5.74, 6) is 5.73. The van der Waals surface area contributed by atoms with Crippen LogP contribution in [0.3, 0.4) is 0 Å². The summed E-state index contributed by atoms with van der Waals surface area (Å²) in [6.07, 6.45) is 3.45. The smallest absolute Gasteiger partial charge is 0.129 e. The zero-order valence-electron chi connectivity index (χ0n) is 11.1. The van der Waals surface area contributed by atoms with Crippen molar-refractivity contribution in [3.8, 4) is 5.69 Å². The molecule has 0 radical (unpaired) electrons. The summed E-state index contributed by atoms with van der Waals surface area (Å²) < 4.78 is 1.85. The lowest BCUT2D eigenvalue weighted by Gasteiger charge is -2.18. The van der Waals surface area contributed by atoms with Gasteiger partial charge in [0.1, 0.15) is 5.15 Å². The summed E-state index contributed by atoms with van der Waals surface area (Å²) in [6, 6.07) is 15.2. The second kappa shape index (κ2) is 6.05. The molecule has 0 fully saturated rings. The highest BCUT2D eigenvalue weighted by molar-refractivity contribution is 6.29. The van der Waals surface area contributed by atoms with Gasteiger partial charge < -0.3 is 0 Å². The number of para-hydroxylation sites is 1. The van der Waals surface area contributed by atoms with Gasteiger partial charge in [0.2, 0.25) is 0 Å². The monoisotopic (exact) mass is 299 g/mol. The van der Waals surface area contributed by atoms with Gasteiger partial charge in [-0.05, 0) is 29.8 Å². The number of aromatic nitrogens is 3. The van der Waals surface area contributed by atoms with E-state index in [4.69, 9.17) is 17.4 Å². The molecule has 1 unspecified atom stereocenters. The number of benzene rings is 1. The lowest BCUT2D eigenvalue weighted by molar-refractivity contribution is 0.595. The Morgan fingerprint density at radius 3 is 2.57 bits per heavy atom. The van der Waals surface area contributed by atoms with Crippen molar-refractivity contribution in [2.24, 2.45) is 5.84 Å². The Hall–Kier alpha value is -2.21. The summed E-state index contributed by atoms with van der Waals surface area (Å²) >= 11 is 5.83. The first-order valence-electron chi connectivity index (χ1n) is 6.46. The van der Waals surface area contributed by atoms with Crippen LogP contribution in [-0.4, -0.2) is 14.8 Å². The molecule has 0 spiro atoms. The number of nitrogens with zero attached hydrogens (tertiary/aromatic N) is 3. The minimum absolute atomic E-state index is 0.225. The highest BCUT2D eigenvalue weighted by Gasteiger charge is 2.18. The van der Waals surface area contributed by atoms with Gasteiger partial charge in [0.25, 0.3) is 0 Å². The number of halogens is 1. The van der Waals surface area contributed by atoms with Gasteiger partial charge in [-0.15, -0.1) is 0 Å². The standard InChI is InChI=1S/C15H14ClN5/c16-14-7-6-11(10-18-14)15(20-17)13-8-9-19-21(13)12-4-2-1-3-5-12/h1-10,15,20H,17H2. The van der Waals surface area contributed by atoms with E-state index in [2.05, 4.69) is 15.5 Å². The van der Waals surface area contributed by atoms with Crippen LogP contribution < -0.4 is 11.3 Å². The fourth-order valence-electron chi connectivity index (χ4n) is 2.23. The van der Waals surface area contributed by atoms with Crippen molar-refractivity contribution in [2.75, 3.05) is 0 Å². The van der Waals surface area contributed by atoms with Crippen molar-refractivity contribution in [1.29, 1.82) is 0 Å². The van der Waals surface area contributed by atoms with Crippen LogP contribution in [-0.2, 0) is 0 Å². The molecule has 2 heterocycles. The first kappa shape index (κ1) is 13.8. The normalized spacial score (nSPS) is 12.3. The predicted molar refractivity (Wildman–Crippen MR) is 82.0 cm³/mol. The maximum atomic E-state index is 5.83. The fourth-order valence-corrected chi connectivity index (χ4v) is 2.34. The molecule has 6 heteroatoms. The van der Waals surface area contributed by atoms with E-state index >= 15 is 0 Å². The van der Waals surface area contributed by atoms with Crippen LogP contribution in [0.4, 0.5) is 0 Å². The maximum absolute atomic E-state index is 5.83. The predicted octanol–water partition coefficient (Wildman–Crippen LogP) is 2.47. The molecule has 3 aromatic rings. The molecule has 21 heavy (non-hydrogen) atoms. The second-order valence-electron chi connectivity index (χ2n) is 4.52. The SMILES string of the molecule is NNC(c1ccc(Cl)nc1)c1ccnn1-c1ccccc1. The van der Waals surface area contributed by atoms with Crippen LogP contribution in [0.15, 0.2) is 60.9 Å². The molecule has 3 N–H and O–H groups in total. The lowest BCUT2D eigenvalue weighted by atomic mass is 10.1. The highest BCUT2D eigenvalue weighted by atomic mass is 35.5. The van der Waals surface area contributed by atoms with E-state index in [0.717, 1.165) is 16.9 Å². The molecule has 0 saturated carbocycles. The molecule has 3 rings (SSSR count). The third-order valence-corrected chi connectivity index (χ3v) is 3.44. The summed E-state index contributed by atoms with van der Waals surface area (Å²) in [4.78, 5) is 4.10. The van der Waals surface area contributed by atoms with E-state index in [1.165, 1.54) is 0 Å². The van der Waals surface area contributed by atoms with E-state index in [1.807, 2.05) is 47.1 Å². The van der Waals surface area contributed by atoms with Gasteiger partial charge in [0.15, 0.2) is 0 Å². The van der Waals surface area contributed by atoms with Gasteiger partial charge in [-0.2, -0.15) is 5.10 Å². The second-order valence-corrected chi connectivity index (χ2v) is 4.90. The largest absolute Gasteiger partial charge is 0.271 e. The van der Waals surface area contributed by atoms with Gasteiger partial charge in [-0.25, -0.2) is 15.1 Å². The van der Waals surface area contributed by atoms with E-state index < -0.39 is 0 Å². The van der Waals surface area contributed by atoms with Crippen LogP contribution in [0.1, 0.15) is 17.3 Å². The fraction of sp³-hybridized carbons (Fsp3) is 0.0667. The van der Waals surface area contributed by atoms with E-state index in [1.54, 1.807) is 18.5 Å². The Kier molecular flexibility index (Phi) is 3.96. The quantitative estimate of drug-likeness (QED) is 0.441. The summed E-state index contributed by atoms with van der Waals surface area (Å²) in [5, 5.41) is 4.82. The molecule has 0 aliphatic rings. The Morgan fingerprint density at radius 1 is 1.10 bits per heavy atom. The van der Waals surface area contributed by atoms with Crippen molar-refractivity contribution in [3.05, 3.63) is 77.3 Å². The molecule has 0 aliphatic heterocycles. The topological polar surface area (TPSA) is 68.8 Å². The van der Waals surface area contributed by atoms with E-state index in [9.17, 15) is 0 Å². The third-order valence-electron chi connectivity index (χ3n) is 3.22. The molecule has 2 aromatic heterocycles. The molecular formula is C15H14ClN5. The van der Waals surface area contributed by atoms with Gasteiger partial charge in [-0.3, -0.25) is 5.84 Å². The Balaban J connectivity index is 2.03. The molecule has 0 aliphatic carbocycles. The Bertz CT molecular complexity index is 708. The van der Waals surface area contributed by atoms with Crippen molar-refractivity contribution in [2.45, 2.75) is 6.04 Å². The van der Waals surface area contributed by atoms with Crippen molar-refractivity contribution in [1.82, 2.24) is 20.2 Å². The lowest BCUT2D eigenvalue weighted by Crippen LogP contribution is -2.30. The number of pyridine rings is 1. The number of nitrogens with two attached hydrogens (primary N) is 1. The van der Waals surface area contributed by atoms with Crippen LogP contribution in [0.2, 0.25) is 5.15 Å². The van der Waals surface area contributed by atoms with Crippen LogP contribution in [0.5, 0.6) is 0 Å². The molecule has 1 aromatic carbocycles. The van der Waals surface area contributed by atoms with E-state index in [0.29, 0.717) is 5.15 Å². The van der Waals surface area contributed by atoms with Gasteiger partial charge in [0.05, 0.1) is 17.4 Å². The zero-order chi connectivity index (χ0) is 14.7. The average molecular weight is 300 g/mol. The van der Waals surface area contributed by atoms with E-state index in [-0.39, 0.29) is 6.04 Å². The molecule has 106 valence electrons. The minimum atomic E-state index is -0.225. The Labute approximate surface area is 127 Å². The third kappa shape index (κ3) is 2.80. The molecule has 0 amide bonds.